The Morgan fingerprint density at radius 3 is 1.85 bits per heavy atom. The third kappa shape index (κ3) is 8.60. The van der Waals surface area contributed by atoms with Crippen LogP contribution in [0.5, 0.6) is 0 Å². The molecule has 0 aromatic carbocycles. The van der Waals surface area contributed by atoms with Crippen LogP contribution in [0.2, 0.25) is 0 Å². The van der Waals surface area contributed by atoms with Crippen LogP contribution in [-0.4, -0.2) is 11.1 Å². The fourth-order valence-electron chi connectivity index (χ4n) is 3.51. The third-order valence-corrected chi connectivity index (χ3v) is 4.03. The quantitative estimate of drug-likeness (QED) is 0.629. The summed E-state index contributed by atoms with van der Waals surface area (Å²) in [6.07, 6.45) is 3.92. The van der Waals surface area contributed by atoms with E-state index in [2.05, 4.69) is 55.4 Å². The molecule has 2 heteroatoms. The van der Waals surface area contributed by atoms with E-state index in [4.69, 9.17) is 0 Å². The first kappa shape index (κ1) is 19.5. The van der Waals surface area contributed by atoms with Crippen molar-refractivity contribution in [1.82, 2.24) is 0 Å². The number of rotatable bonds is 8. The van der Waals surface area contributed by atoms with Crippen LogP contribution < -0.4 is 0 Å². The van der Waals surface area contributed by atoms with Crippen LogP contribution in [0.25, 0.3) is 0 Å². The van der Waals surface area contributed by atoms with Gasteiger partial charge in [0, 0.05) is 0 Å². The molecule has 0 aliphatic rings. The van der Waals surface area contributed by atoms with Crippen LogP contribution >= 0.6 is 0 Å². The van der Waals surface area contributed by atoms with E-state index in [1.54, 1.807) is 0 Å². The van der Waals surface area contributed by atoms with Crippen LogP contribution in [0.4, 0.5) is 0 Å². The largest absolute Gasteiger partial charge is 0.481 e. The van der Waals surface area contributed by atoms with Crippen molar-refractivity contribution in [2.75, 3.05) is 0 Å². The highest BCUT2D eigenvalue weighted by Gasteiger charge is 2.30. The summed E-state index contributed by atoms with van der Waals surface area (Å²) in [5, 5.41) is 9.52. The van der Waals surface area contributed by atoms with Gasteiger partial charge in [-0.25, -0.2) is 0 Å². The van der Waals surface area contributed by atoms with Gasteiger partial charge in [-0.2, -0.15) is 0 Å². The number of hydrogen-bond donors (Lipinski definition) is 1. The van der Waals surface area contributed by atoms with Gasteiger partial charge in [-0.3, -0.25) is 4.79 Å². The van der Waals surface area contributed by atoms with Gasteiger partial charge in [0.15, 0.2) is 0 Å². The predicted octanol–water partition coefficient (Wildman–Crippen LogP) is 5.61. The SMILES string of the molecule is CC(C)CC(C)(C)CCC(C(=O)O)C(C)CC(C)(C)C. The van der Waals surface area contributed by atoms with Gasteiger partial charge in [-0.1, -0.05) is 55.4 Å². The van der Waals surface area contributed by atoms with Crippen molar-refractivity contribution in [3.05, 3.63) is 0 Å². The Morgan fingerprint density at radius 1 is 1.00 bits per heavy atom. The molecule has 0 bridgehead atoms. The van der Waals surface area contributed by atoms with Crippen LogP contribution in [0, 0.1) is 28.6 Å². The minimum absolute atomic E-state index is 0.195. The molecule has 0 aliphatic heterocycles. The molecular formula is C18H36O2. The van der Waals surface area contributed by atoms with Crippen molar-refractivity contribution < 1.29 is 9.90 Å². The molecule has 0 saturated heterocycles. The molecule has 0 rings (SSSR count). The first-order chi connectivity index (χ1) is 8.84. The lowest BCUT2D eigenvalue weighted by Crippen LogP contribution is -2.27. The molecular weight excluding hydrogens is 248 g/mol. The van der Waals surface area contributed by atoms with Crippen molar-refractivity contribution in [2.45, 2.75) is 81.1 Å². The molecule has 1 N–H and O–H groups in total. The van der Waals surface area contributed by atoms with Gasteiger partial charge in [0.2, 0.25) is 0 Å². The zero-order valence-electron chi connectivity index (χ0n) is 14.9. The second kappa shape index (κ2) is 7.47. The van der Waals surface area contributed by atoms with Gasteiger partial charge >= 0.3 is 5.97 Å². The zero-order valence-corrected chi connectivity index (χ0v) is 14.9. The highest BCUT2D eigenvalue weighted by atomic mass is 16.4. The van der Waals surface area contributed by atoms with Gasteiger partial charge in [0.25, 0.3) is 0 Å². The molecule has 0 spiro atoms. The van der Waals surface area contributed by atoms with E-state index < -0.39 is 5.97 Å². The molecule has 0 radical (unpaired) electrons. The maximum atomic E-state index is 11.6. The smallest absolute Gasteiger partial charge is 0.306 e. The summed E-state index contributed by atoms with van der Waals surface area (Å²) in [5.74, 6) is 0.0744. The fourth-order valence-corrected chi connectivity index (χ4v) is 3.51. The van der Waals surface area contributed by atoms with Crippen LogP contribution in [0.15, 0.2) is 0 Å². The second-order valence-corrected chi connectivity index (χ2v) is 8.99. The van der Waals surface area contributed by atoms with E-state index in [9.17, 15) is 9.90 Å². The highest BCUT2D eigenvalue weighted by Crippen LogP contribution is 2.36. The van der Waals surface area contributed by atoms with E-state index in [0.29, 0.717) is 5.92 Å². The molecule has 0 aromatic heterocycles. The Bertz CT molecular complexity index is 297. The van der Waals surface area contributed by atoms with E-state index in [-0.39, 0.29) is 22.7 Å². The van der Waals surface area contributed by atoms with Crippen molar-refractivity contribution >= 4 is 5.97 Å². The number of carbonyl (C=O) groups is 1. The zero-order chi connectivity index (χ0) is 16.1. The summed E-state index contributed by atoms with van der Waals surface area (Å²) in [5.41, 5.74) is 0.434. The lowest BCUT2D eigenvalue weighted by molar-refractivity contribution is -0.144. The minimum atomic E-state index is -0.623. The van der Waals surface area contributed by atoms with Crippen LogP contribution in [0.1, 0.15) is 81.1 Å². The summed E-state index contributed by atoms with van der Waals surface area (Å²) in [6, 6.07) is 0. The molecule has 0 heterocycles. The third-order valence-electron chi connectivity index (χ3n) is 4.03. The summed E-state index contributed by atoms with van der Waals surface area (Å²) in [6.45, 7) is 17.7. The minimum Gasteiger partial charge on any atom is -0.481 e. The highest BCUT2D eigenvalue weighted by molar-refractivity contribution is 5.70. The number of carboxylic acids is 1. The summed E-state index contributed by atoms with van der Waals surface area (Å²) in [7, 11) is 0. The van der Waals surface area contributed by atoms with Gasteiger partial charge in [0.05, 0.1) is 5.92 Å². The maximum Gasteiger partial charge on any atom is 0.306 e. The Morgan fingerprint density at radius 2 is 1.50 bits per heavy atom. The van der Waals surface area contributed by atoms with Gasteiger partial charge in [-0.15, -0.1) is 0 Å². The molecule has 0 saturated carbocycles. The summed E-state index contributed by atoms with van der Waals surface area (Å²) in [4.78, 5) is 11.6. The molecule has 20 heavy (non-hydrogen) atoms. The Balaban J connectivity index is 4.60. The molecule has 2 nitrogen and oxygen atoms in total. The average Bonchev–Trinajstić information content (AvgIpc) is 2.10. The summed E-state index contributed by atoms with van der Waals surface area (Å²) >= 11 is 0. The number of carboxylic acid groups (broad SMARTS) is 1. The normalized spacial score (nSPS) is 16.2. The Kier molecular flexibility index (Phi) is 7.27. The fraction of sp³-hybridized carbons (Fsp3) is 0.944. The molecule has 120 valence electrons. The number of aliphatic carboxylic acids is 1. The van der Waals surface area contributed by atoms with Gasteiger partial charge in [0.1, 0.15) is 0 Å². The monoisotopic (exact) mass is 284 g/mol. The Labute approximate surface area is 126 Å². The number of hydrogen-bond acceptors (Lipinski definition) is 1. The van der Waals surface area contributed by atoms with E-state index in [0.717, 1.165) is 25.7 Å². The molecule has 0 aliphatic carbocycles. The van der Waals surface area contributed by atoms with Crippen LogP contribution in [-0.2, 0) is 4.79 Å². The maximum absolute atomic E-state index is 11.6. The van der Waals surface area contributed by atoms with Crippen molar-refractivity contribution in [3.63, 3.8) is 0 Å². The molecule has 2 unspecified atom stereocenters. The van der Waals surface area contributed by atoms with Gasteiger partial charge < -0.3 is 5.11 Å². The van der Waals surface area contributed by atoms with E-state index in [1.807, 2.05) is 0 Å². The van der Waals surface area contributed by atoms with E-state index in [1.165, 1.54) is 0 Å². The Hall–Kier alpha value is -0.530. The molecule has 0 aromatic rings. The standard InChI is InChI=1S/C18H36O2/c1-13(2)11-18(7,8)10-9-15(16(19)20)14(3)12-17(4,5)6/h13-15H,9-12H2,1-8H3,(H,19,20). The second-order valence-electron chi connectivity index (χ2n) is 8.99. The lowest BCUT2D eigenvalue weighted by atomic mass is 9.74. The first-order valence-electron chi connectivity index (χ1n) is 8.07. The van der Waals surface area contributed by atoms with Gasteiger partial charge in [-0.05, 0) is 48.3 Å². The van der Waals surface area contributed by atoms with Crippen LogP contribution in [0.3, 0.4) is 0 Å². The van der Waals surface area contributed by atoms with Crippen molar-refractivity contribution in [1.29, 1.82) is 0 Å². The molecule has 2 atom stereocenters. The average molecular weight is 284 g/mol. The molecule has 0 fully saturated rings. The predicted molar refractivity (Wildman–Crippen MR) is 86.8 cm³/mol. The van der Waals surface area contributed by atoms with Crippen molar-refractivity contribution in [3.8, 4) is 0 Å². The van der Waals surface area contributed by atoms with Crippen molar-refractivity contribution in [2.24, 2.45) is 28.6 Å². The first-order valence-corrected chi connectivity index (χ1v) is 8.07. The molecule has 0 amide bonds. The summed E-state index contributed by atoms with van der Waals surface area (Å²) < 4.78 is 0. The van der Waals surface area contributed by atoms with E-state index >= 15 is 0 Å². The topological polar surface area (TPSA) is 37.3 Å². The lowest BCUT2D eigenvalue weighted by Gasteiger charge is -2.31.